The molecule has 0 aliphatic carbocycles. The Hall–Kier alpha value is -0.980. The van der Waals surface area contributed by atoms with Crippen LogP contribution in [0.15, 0.2) is 0 Å². The molecule has 3 N–H and O–H groups in total. The topological polar surface area (TPSA) is 104 Å². The minimum Gasteiger partial charge on any atom is -0.454 e. The van der Waals surface area contributed by atoms with E-state index in [9.17, 15) is 9.59 Å². The number of aldehydes is 1. The van der Waals surface area contributed by atoms with E-state index in [2.05, 4.69) is 4.74 Å². The number of hydrogen-bond donors (Lipinski definition) is 3. The smallest absolute Gasteiger partial charge is 0.338 e. The zero-order chi connectivity index (χ0) is 9.30. The molecule has 68 valence electrons. The van der Waals surface area contributed by atoms with E-state index < -0.39 is 30.4 Å². The van der Waals surface area contributed by atoms with Crippen molar-refractivity contribution in [3.63, 3.8) is 0 Å². The lowest BCUT2D eigenvalue weighted by molar-refractivity contribution is -0.151. The molecule has 1 fully saturated rings. The second-order valence-electron chi connectivity index (χ2n) is 2.46. The van der Waals surface area contributed by atoms with E-state index in [-0.39, 0.29) is 6.29 Å². The van der Waals surface area contributed by atoms with Gasteiger partial charge in [0.05, 0.1) is 0 Å². The van der Waals surface area contributed by atoms with Crippen molar-refractivity contribution in [3.05, 3.63) is 0 Å². The maximum absolute atomic E-state index is 10.6. The number of carbonyl (C=O) groups is 2. The summed E-state index contributed by atoms with van der Waals surface area (Å²) in [6.45, 7) is 0. The molecule has 0 aromatic rings. The highest BCUT2D eigenvalue weighted by Gasteiger charge is 2.46. The highest BCUT2D eigenvalue weighted by Crippen LogP contribution is 2.17. The Bertz CT molecular complexity index is 202. The van der Waals surface area contributed by atoms with Crippen LogP contribution in [0.4, 0.5) is 0 Å². The average molecular weight is 176 g/mol. The van der Waals surface area contributed by atoms with E-state index in [1.165, 1.54) is 0 Å². The summed E-state index contributed by atoms with van der Waals surface area (Å²) in [4.78, 5) is 20.6. The van der Waals surface area contributed by atoms with Crippen molar-refractivity contribution < 1.29 is 29.6 Å². The summed E-state index contributed by atoms with van der Waals surface area (Å²) in [5.41, 5.74) is 0. The lowest BCUT2D eigenvalue weighted by Gasteiger charge is -2.14. The van der Waals surface area contributed by atoms with Gasteiger partial charge in [-0.15, -0.1) is 0 Å². The summed E-state index contributed by atoms with van der Waals surface area (Å²) in [6.07, 6.45) is -6.05. The van der Waals surface area contributed by atoms with Crippen LogP contribution in [0.2, 0.25) is 0 Å². The molecule has 6 nitrogen and oxygen atoms in total. The molecular weight excluding hydrogens is 168 g/mol. The number of hydrogen-bond acceptors (Lipinski definition) is 6. The summed E-state index contributed by atoms with van der Waals surface area (Å²) >= 11 is 0. The molecule has 0 radical (unpaired) electrons. The predicted octanol–water partition coefficient (Wildman–Crippen LogP) is -2.81. The minimum absolute atomic E-state index is 0.124. The van der Waals surface area contributed by atoms with Gasteiger partial charge in [-0.2, -0.15) is 0 Å². The standard InChI is InChI=1S/C6H8O6/c7-1-2(8)5-3(9)4(10)6(11)12-5/h1-5,8-10H/t2-,3+,4+,5-/m1/s1. The van der Waals surface area contributed by atoms with Crippen LogP contribution in [0.5, 0.6) is 0 Å². The Labute approximate surface area is 67.4 Å². The Morgan fingerprint density at radius 3 is 2.42 bits per heavy atom. The van der Waals surface area contributed by atoms with Crippen LogP contribution in [0.3, 0.4) is 0 Å². The highest BCUT2D eigenvalue weighted by molar-refractivity contribution is 5.78. The summed E-state index contributed by atoms with van der Waals surface area (Å²) in [5, 5.41) is 26.7. The zero-order valence-electron chi connectivity index (χ0n) is 5.95. The van der Waals surface area contributed by atoms with Gasteiger partial charge >= 0.3 is 5.97 Å². The number of cyclic esters (lactones) is 1. The van der Waals surface area contributed by atoms with Gasteiger partial charge in [-0.05, 0) is 0 Å². The summed E-state index contributed by atoms with van der Waals surface area (Å²) in [5.74, 6) is -1.03. The van der Waals surface area contributed by atoms with Gasteiger partial charge in [0.25, 0.3) is 0 Å². The van der Waals surface area contributed by atoms with Crippen LogP contribution >= 0.6 is 0 Å². The third-order valence-electron chi connectivity index (χ3n) is 1.63. The Balaban J connectivity index is 2.70. The molecule has 0 unspecified atom stereocenters. The molecular formula is C6H8O6. The van der Waals surface area contributed by atoms with Gasteiger partial charge in [0, 0.05) is 0 Å². The third-order valence-corrected chi connectivity index (χ3v) is 1.63. The molecule has 1 aliphatic heterocycles. The van der Waals surface area contributed by atoms with Crippen molar-refractivity contribution >= 4 is 12.3 Å². The first kappa shape index (κ1) is 9.11. The molecule has 0 bridgehead atoms. The number of esters is 1. The quantitative estimate of drug-likeness (QED) is 0.310. The molecule has 1 saturated heterocycles. The molecule has 12 heavy (non-hydrogen) atoms. The molecule has 0 spiro atoms. The van der Waals surface area contributed by atoms with Crippen molar-refractivity contribution in [1.29, 1.82) is 0 Å². The zero-order valence-corrected chi connectivity index (χ0v) is 5.95. The van der Waals surface area contributed by atoms with E-state index in [1.54, 1.807) is 0 Å². The van der Waals surface area contributed by atoms with Gasteiger partial charge in [0.2, 0.25) is 0 Å². The second kappa shape index (κ2) is 3.18. The molecule has 1 aliphatic rings. The van der Waals surface area contributed by atoms with Crippen LogP contribution in [-0.4, -0.2) is 52.0 Å². The van der Waals surface area contributed by atoms with E-state index in [0.29, 0.717) is 0 Å². The van der Waals surface area contributed by atoms with Crippen LogP contribution in [0.1, 0.15) is 0 Å². The highest BCUT2D eigenvalue weighted by atomic mass is 16.6. The first-order valence-electron chi connectivity index (χ1n) is 3.28. The van der Waals surface area contributed by atoms with Crippen LogP contribution in [0.25, 0.3) is 0 Å². The normalized spacial score (nSPS) is 37.6. The molecule has 0 saturated carbocycles. The van der Waals surface area contributed by atoms with E-state index in [0.717, 1.165) is 0 Å². The van der Waals surface area contributed by atoms with Gasteiger partial charge < -0.3 is 24.9 Å². The number of ether oxygens (including phenoxy) is 1. The largest absolute Gasteiger partial charge is 0.454 e. The first-order valence-corrected chi connectivity index (χ1v) is 3.28. The van der Waals surface area contributed by atoms with Gasteiger partial charge in [-0.25, -0.2) is 4.79 Å². The van der Waals surface area contributed by atoms with Gasteiger partial charge in [0.1, 0.15) is 12.2 Å². The Morgan fingerprint density at radius 1 is 1.50 bits per heavy atom. The molecule has 0 aromatic carbocycles. The van der Waals surface area contributed by atoms with Crippen molar-refractivity contribution in [1.82, 2.24) is 0 Å². The Morgan fingerprint density at radius 2 is 2.08 bits per heavy atom. The molecule has 1 rings (SSSR count). The van der Waals surface area contributed by atoms with Crippen molar-refractivity contribution in [2.24, 2.45) is 0 Å². The third kappa shape index (κ3) is 1.31. The second-order valence-corrected chi connectivity index (χ2v) is 2.46. The number of aliphatic hydroxyl groups excluding tert-OH is 3. The first-order chi connectivity index (χ1) is 5.57. The monoisotopic (exact) mass is 176 g/mol. The van der Waals surface area contributed by atoms with Gasteiger partial charge in [0.15, 0.2) is 18.5 Å². The lowest BCUT2D eigenvalue weighted by Crippen LogP contribution is -2.39. The van der Waals surface area contributed by atoms with E-state index in [1.807, 2.05) is 0 Å². The average Bonchev–Trinajstić information content (AvgIpc) is 2.32. The maximum atomic E-state index is 10.6. The SMILES string of the molecule is O=C[C@@H](O)[C@H]1OC(=O)[C@@H](O)[C@@H]1O. The summed E-state index contributed by atoms with van der Waals surface area (Å²) in [6, 6.07) is 0. The fourth-order valence-electron chi connectivity index (χ4n) is 0.942. The molecule has 1 heterocycles. The summed E-state index contributed by atoms with van der Waals surface area (Å²) in [7, 11) is 0. The van der Waals surface area contributed by atoms with Gasteiger partial charge in [-0.3, -0.25) is 0 Å². The van der Waals surface area contributed by atoms with Crippen molar-refractivity contribution in [2.75, 3.05) is 0 Å². The fourth-order valence-corrected chi connectivity index (χ4v) is 0.942. The molecule has 0 aromatic heterocycles. The van der Waals surface area contributed by atoms with Crippen LogP contribution in [-0.2, 0) is 14.3 Å². The maximum Gasteiger partial charge on any atom is 0.338 e. The van der Waals surface area contributed by atoms with Crippen molar-refractivity contribution in [3.8, 4) is 0 Å². The molecule has 6 heteroatoms. The van der Waals surface area contributed by atoms with Gasteiger partial charge in [-0.1, -0.05) is 0 Å². The predicted molar refractivity (Wildman–Crippen MR) is 34.0 cm³/mol. The summed E-state index contributed by atoms with van der Waals surface area (Å²) < 4.78 is 4.32. The van der Waals surface area contributed by atoms with Crippen molar-refractivity contribution in [2.45, 2.75) is 24.4 Å². The van der Waals surface area contributed by atoms with E-state index in [4.69, 9.17) is 15.3 Å². The van der Waals surface area contributed by atoms with E-state index >= 15 is 0 Å². The molecule has 0 amide bonds. The number of aliphatic hydroxyl groups is 3. The van der Waals surface area contributed by atoms with Crippen LogP contribution < -0.4 is 0 Å². The number of rotatable bonds is 2. The Kier molecular flexibility index (Phi) is 2.41. The molecule has 4 atom stereocenters. The fraction of sp³-hybridized carbons (Fsp3) is 0.667. The minimum atomic E-state index is -1.68. The van der Waals surface area contributed by atoms with Crippen LogP contribution in [0, 0.1) is 0 Å². The lowest BCUT2D eigenvalue weighted by atomic mass is 10.1. The number of carbonyl (C=O) groups excluding carboxylic acids is 2.